The molecular formula is C25H25N3O6S. The largest absolute Gasteiger partial charge is 0.493 e. The molecule has 0 atom stereocenters. The molecule has 3 N–H and O–H groups in total. The fourth-order valence-electron chi connectivity index (χ4n) is 3.59. The Hall–Kier alpha value is -4.05. The van der Waals surface area contributed by atoms with Gasteiger partial charge in [-0.2, -0.15) is 0 Å². The van der Waals surface area contributed by atoms with Gasteiger partial charge in [0, 0.05) is 29.9 Å². The van der Waals surface area contributed by atoms with Crippen molar-refractivity contribution in [2.45, 2.75) is 17.9 Å². The van der Waals surface area contributed by atoms with Crippen LogP contribution in [0.25, 0.3) is 0 Å². The van der Waals surface area contributed by atoms with Gasteiger partial charge in [0.2, 0.25) is 0 Å². The maximum Gasteiger partial charge on any atom is 0.325 e. The van der Waals surface area contributed by atoms with Crippen LogP contribution in [0.1, 0.15) is 21.5 Å². The van der Waals surface area contributed by atoms with E-state index in [1.807, 2.05) is 18.2 Å². The number of methoxy groups -OCH3 is 1. The molecule has 4 rings (SSSR count). The van der Waals surface area contributed by atoms with Crippen LogP contribution in [0.15, 0.2) is 71.6 Å². The molecule has 0 bridgehead atoms. The van der Waals surface area contributed by atoms with Crippen LogP contribution in [0, 0.1) is 0 Å². The Balaban J connectivity index is 1.60. The summed E-state index contributed by atoms with van der Waals surface area (Å²) in [6.07, 6.45) is 0.840. The Morgan fingerprint density at radius 3 is 2.57 bits per heavy atom. The van der Waals surface area contributed by atoms with Gasteiger partial charge >= 0.3 is 5.97 Å². The lowest BCUT2D eigenvalue weighted by molar-refractivity contribution is -0.139. The number of fused-ring (bicyclic) bond motifs is 1. The molecule has 0 aromatic heterocycles. The molecular weight excluding hydrogens is 470 g/mol. The number of hydrogen-bond donors (Lipinski definition) is 3. The fourth-order valence-corrected chi connectivity index (χ4v) is 4.72. The minimum Gasteiger partial charge on any atom is -0.493 e. The van der Waals surface area contributed by atoms with Gasteiger partial charge in [0.25, 0.3) is 15.9 Å². The summed E-state index contributed by atoms with van der Waals surface area (Å²) in [7, 11) is -2.78. The van der Waals surface area contributed by atoms with Crippen molar-refractivity contribution in [1.82, 2.24) is 5.32 Å². The second-order valence-corrected chi connectivity index (χ2v) is 9.55. The molecule has 3 aromatic carbocycles. The summed E-state index contributed by atoms with van der Waals surface area (Å²) in [5.41, 5.74) is 3.01. The Bertz CT molecular complexity index is 1340. The highest BCUT2D eigenvalue weighted by Gasteiger charge is 2.19. The van der Waals surface area contributed by atoms with Crippen LogP contribution in [0.5, 0.6) is 5.75 Å². The van der Waals surface area contributed by atoms with Gasteiger partial charge in [0.15, 0.2) is 0 Å². The first kappa shape index (κ1) is 24.1. The number of anilines is 2. The molecule has 10 heteroatoms. The first-order valence-electron chi connectivity index (χ1n) is 10.9. The van der Waals surface area contributed by atoms with Crippen LogP contribution in [0.4, 0.5) is 11.4 Å². The third-order valence-electron chi connectivity index (χ3n) is 5.38. The van der Waals surface area contributed by atoms with E-state index >= 15 is 0 Å². The number of esters is 1. The van der Waals surface area contributed by atoms with Gasteiger partial charge in [-0.25, -0.2) is 8.42 Å². The van der Waals surface area contributed by atoms with Crippen molar-refractivity contribution in [3.63, 3.8) is 0 Å². The summed E-state index contributed by atoms with van der Waals surface area (Å²) in [4.78, 5) is 24.0. The lowest BCUT2D eigenvalue weighted by atomic mass is 10.1. The lowest BCUT2D eigenvalue weighted by Crippen LogP contribution is -2.30. The summed E-state index contributed by atoms with van der Waals surface area (Å²) < 4.78 is 38.8. The monoisotopic (exact) mass is 495 g/mol. The van der Waals surface area contributed by atoms with Crippen molar-refractivity contribution in [1.29, 1.82) is 0 Å². The number of amides is 1. The van der Waals surface area contributed by atoms with Crippen LogP contribution in [-0.2, 0) is 32.5 Å². The summed E-state index contributed by atoms with van der Waals surface area (Å²) in [6.45, 7) is 0.727. The average Bonchev–Trinajstić information content (AvgIpc) is 3.34. The number of para-hydroxylation sites is 1. The Morgan fingerprint density at radius 2 is 1.80 bits per heavy atom. The molecule has 0 fully saturated rings. The van der Waals surface area contributed by atoms with Crippen LogP contribution >= 0.6 is 0 Å². The highest BCUT2D eigenvalue weighted by atomic mass is 32.2. The van der Waals surface area contributed by atoms with Gasteiger partial charge in [-0.05, 0) is 47.5 Å². The second-order valence-electron chi connectivity index (χ2n) is 7.87. The molecule has 1 heterocycles. The number of sulfonamides is 1. The molecule has 0 radical (unpaired) electrons. The van der Waals surface area contributed by atoms with E-state index in [-0.39, 0.29) is 17.0 Å². The summed E-state index contributed by atoms with van der Waals surface area (Å²) in [6, 6.07) is 18.6. The number of ether oxygens (including phenoxy) is 2. The third-order valence-corrected chi connectivity index (χ3v) is 6.74. The molecule has 9 nitrogen and oxygen atoms in total. The quantitative estimate of drug-likeness (QED) is 0.390. The summed E-state index contributed by atoms with van der Waals surface area (Å²) in [5.74, 6) is -0.352. The van der Waals surface area contributed by atoms with E-state index in [4.69, 9.17) is 4.74 Å². The molecule has 1 aliphatic rings. The molecule has 35 heavy (non-hydrogen) atoms. The number of nitrogens with one attached hydrogen (secondary N) is 3. The van der Waals surface area contributed by atoms with Crippen molar-refractivity contribution in [2.75, 3.05) is 30.3 Å². The smallest absolute Gasteiger partial charge is 0.325 e. The fraction of sp³-hybridized carbons (Fsp3) is 0.200. The molecule has 0 unspecified atom stereocenters. The van der Waals surface area contributed by atoms with E-state index in [1.165, 1.54) is 25.3 Å². The van der Waals surface area contributed by atoms with Gasteiger partial charge in [-0.15, -0.1) is 0 Å². The van der Waals surface area contributed by atoms with Crippen LogP contribution < -0.4 is 20.1 Å². The minimum atomic E-state index is -4.00. The van der Waals surface area contributed by atoms with E-state index in [0.717, 1.165) is 23.3 Å². The van der Waals surface area contributed by atoms with Crippen molar-refractivity contribution >= 4 is 33.3 Å². The van der Waals surface area contributed by atoms with Crippen LogP contribution in [-0.4, -0.2) is 40.6 Å². The number of rotatable bonds is 9. The summed E-state index contributed by atoms with van der Waals surface area (Å²) >= 11 is 0. The zero-order valence-electron chi connectivity index (χ0n) is 19.0. The molecule has 0 saturated heterocycles. The molecule has 0 saturated carbocycles. The number of hydrogen-bond acceptors (Lipinski definition) is 7. The molecule has 1 aliphatic heterocycles. The zero-order chi connectivity index (χ0) is 24.8. The first-order valence-corrected chi connectivity index (χ1v) is 12.4. The predicted octanol–water partition coefficient (Wildman–Crippen LogP) is 2.94. The van der Waals surface area contributed by atoms with E-state index in [0.29, 0.717) is 24.5 Å². The third kappa shape index (κ3) is 6.10. The number of benzene rings is 3. The minimum absolute atomic E-state index is 0.0784. The molecule has 0 aliphatic carbocycles. The number of carbonyl (C=O) groups is 2. The van der Waals surface area contributed by atoms with Gasteiger partial charge in [-0.3, -0.25) is 14.3 Å². The Kier molecular flexibility index (Phi) is 7.21. The van der Waals surface area contributed by atoms with Crippen LogP contribution in [0.3, 0.4) is 0 Å². The van der Waals surface area contributed by atoms with E-state index in [9.17, 15) is 18.0 Å². The molecule has 182 valence electrons. The molecule has 0 spiro atoms. The van der Waals surface area contributed by atoms with Gasteiger partial charge in [0.05, 0.1) is 18.6 Å². The topological polar surface area (TPSA) is 123 Å². The normalized spacial score (nSPS) is 12.3. The molecule has 1 amide bonds. The van der Waals surface area contributed by atoms with Crippen molar-refractivity contribution in [3.05, 3.63) is 83.4 Å². The van der Waals surface area contributed by atoms with Gasteiger partial charge in [-0.1, -0.05) is 30.3 Å². The standard InChI is InChI=1S/C25H25N3O6S/c1-33-24(29)16-27-25(30)19-12-21(26-15-17-7-8-23-18(11-17)9-10-34-23)14-22(13-19)35(31,32)28-20-5-3-2-4-6-20/h2-8,11-14,26,28H,9-10,15-16H2,1H3,(H,27,30). The van der Waals surface area contributed by atoms with Gasteiger partial charge in [0.1, 0.15) is 12.3 Å². The van der Waals surface area contributed by atoms with Crippen molar-refractivity contribution in [3.8, 4) is 5.75 Å². The molecule has 3 aromatic rings. The first-order chi connectivity index (χ1) is 16.8. The van der Waals surface area contributed by atoms with Crippen molar-refractivity contribution in [2.24, 2.45) is 0 Å². The zero-order valence-corrected chi connectivity index (χ0v) is 19.9. The second kappa shape index (κ2) is 10.5. The van der Waals surface area contributed by atoms with E-state index < -0.39 is 21.9 Å². The predicted molar refractivity (Wildman–Crippen MR) is 131 cm³/mol. The summed E-state index contributed by atoms with van der Waals surface area (Å²) in [5, 5.41) is 5.63. The highest BCUT2D eigenvalue weighted by Crippen LogP contribution is 2.27. The van der Waals surface area contributed by atoms with Crippen LogP contribution in [0.2, 0.25) is 0 Å². The Morgan fingerprint density at radius 1 is 1.00 bits per heavy atom. The maximum atomic E-state index is 13.1. The van der Waals surface area contributed by atoms with Gasteiger partial charge < -0.3 is 20.1 Å². The van der Waals surface area contributed by atoms with E-state index in [1.54, 1.807) is 30.3 Å². The Labute approximate surface area is 203 Å². The number of carbonyl (C=O) groups excluding carboxylic acids is 2. The lowest BCUT2D eigenvalue weighted by Gasteiger charge is -2.14. The highest BCUT2D eigenvalue weighted by molar-refractivity contribution is 7.92. The average molecular weight is 496 g/mol. The van der Waals surface area contributed by atoms with E-state index in [2.05, 4.69) is 20.1 Å². The van der Waals surface area contributed by atoms with Crippen molar-refractivity contribution < 1.29 is 27.5 Å². The maximum absolute atomic E-state index is 13.1. The SMILES string of the molecule is COC(=O)CNC(=O)c1cc(NCc2ccc3c(c2)CCO3)cc(S(=O)(=O)Nc2ccccc2)c1.